The third kappa shape index (κ3) is 2.21. The van der Waals surface area contributed by atoms with Crippen LogP contribution in [0.3, 0.4) is 0 Å². The molecule has 1 unspecified atom stereocenters. The lowest BCUT2D eigenvalue weighted by Crippen LogP contribution is -2.13. The molecular weight excluding hydrogens is 184 g/mol. The second-order valence-corrected chi connectivity index (χ2v) is 3.82. The lowest BCUT2D eigenvalue weighted by atomic mass is 10.1. The van der Waals surface area contributed by atoms with E-state index in [0.717, 1.165) is 0 Å². The van der Waals surface area contributed by atoms with Crippen LogP contribution >= 0.6 is 0 Å². The predicted molar refractivity (Wildman–Crippen MR) is 64.7 cm³/mol. The number of rotatable bonds is 2. The van der Waals surface area contributed by atoms with E-state index in [0.29, 0.717) is 5.92 Å². The zero-order chi connectivity index (χ0) is 10.7. The molecule has 1 heterocycles. The summed E-state index contributed by atoms with van der Waals surface area (Å²) in [5.74, 6) is 0.512. The van der Waals surface area contributed by atoms with Gasteiger partial charge in [0.15, 0.2) is 0 Å². The largest absolute Gasteiger partial charge is 0.366 e. The van der Waals surface area contributed by atoms with E-state index in [9.17, 15) is 0 Å². The molecule has 2 heteroatoms. The molecule has 0 radical (unpaired) electrons. The summed E-state index contributed by atoms with van der Waals surface area (Å²) < 4.78 is 0. The van der Waals surface area contributed by atoms with E-state index < -0.39 is 0 Å². The van der Waals surface area contributed by atoms with E-state index in [1.165, 1.54) is 11.4 Å². The van der Waals surface area contributed by atoms with E-state index in [1.807, 2.05) is 12.4 Å². The van der Waals surface area contributed by atoms with Crippen molar-refractivity contribution in [2.75, 3.05) is 11.9 Å². The van der Waals surface area contributed by atoms with Gasteiger partial charge in [-0.25, -0.2) is 0 Å². The molecule has 0 bridgehead atoms. The molecule has 1 atom stereocenters. The summed E-state index contributed by atoms with van der Waals surface area (Å²) in [6.45, 7) is 2.18. The highest BCUT2D eigenvalue weighted by atomic mass is 15.1. The lowest BCUT2D eigenvalue weighted by molar-refractivity contribution is 0.940. The molecule has 1 aliphatic carbocycles. The second kappa shape index (κ2) is 4.22. The standard InChI is InChI=1S/C13H16N2/c1-11-4-3-5-12(7-6-11)15(2)13-8-9-14-10-13/h3-11,14H,1-2H3. The van der Waals surface area contributed by atoms with Crippen molar-refractivity contribution < 1.29 is 0 Å². The maximum Gasteiger partial charge on any atom is 0.0585 e. The Bertz CT molecular complexity index is 396. The highest BCUT2D eigenvalue weighted by molar-refractivity contribution is 5.53. The first kappa shape index (κ1) is 9.84. The van der Waals surface area contributed by atoms with Crippen LogP contribution in [-0.4, -0.2) is 12.0 Å². The summed E-state index contributed by atoms with van der Waals surface area (Å²) in [4.78, 5) is 5.23. The van der Waals surface area contributed by atoms with Gasteiger partial charge >= 0.3 is 0 Å². The number of nitrogens with one attached hydrogen (secondary N) is 1. The number of likely N-dealkylation sites (N-methyl/N-ethyl adjacent to an activating group) is 1. The summed E-state index contributed by atoms with van der Waals surface area (Å²) in [5, 5.41) is 0. The molecule has 2 nitrogen and oxygen atoms in total. The van der Waals surface area contributed by atoms with E-state index in [4.69, 9.17) is 0 Å². The maximum atomic E-state index is 3.06. The van der Waals surface area contributed by atoms with Crippen molar-refractivity contribution in [3.05, 3.63) is 54.5 Å². The number of aromatic nitrogens is 1. The molecule has 78 valence electrons. The van der Waals surface area contributed by atoms with Crippen LogP contribution in [0.2, 0.25) is 0 Å². The summed E-state index contributed by atoms with van der Waals surface area (Å²) >= 11 is 0. The summed E-state index contributed by atoms with van der Waals surface area (Å²) in [6.07, 6.45) is 14.7. The smallest absolute Gasteiger partial charge is 0.0585 e. The average molecular weight is 200 g/mol. The first-order valence-corrected chi connectivity index (χ1v) is 5.20. The van der Waals surface area contributed by atoms with Crippen molar-refractivity contribution in [1.29, 1.82) is 0 Å². The molecule has 0 spiro atoms. The van der Waals surface area contributed by atoms with Crippen molar-refractivity contribution in [3.63, 3.8) is 0 Å². The van der Waals surface area contributed by atoms with Crippen molar-refractivity contribution in [2.45, 2.75) is 6.92 Å². The monoisotopic (exact) mass is 200 g/mol. The van der Waals surface area contributed by atoms with Crippen LogP contribution in [0.5, 0.6) is 0 Å². The molecule has 1 aromatic rings. The van der Waals surface area contributed by atoms with Crippen LogP contribution in [-0.2, 0) is 0 Å². The highest BCUT2D eigenvalue weighted by Gasteiger charge is 2.05. The quantitative estimate of drug-likeness (QED) is 0.777. The van der Waals surface area contributed by atoms with Crippen LogP contribution in [0.25, 0.3) is 0 Å². The molecule has 1 N–H and O–H groups in total. The Morgan fingerprint density at radius 1 is 1.33 bits per heavy atom. The molecule has 0 aromatic carbocycles. The number of nitrogens with zero attached hydrogens (tertiary/aromatic N) is 1. The Labute approximate surface area is 90.6 Å². The van der Waals surface area contributed by atoms with Gasteiger partial charge < -0.3 is 9.88 Å². The van der Waals surface area contributed by atoms with Gasteiger partial charge in [-0.15, -0.1) is 0 Å². The minimum absolute atomic E-state index is 0.512. The van der Waals surface area contributed by atoms with Gasteiger partial charge in [0.1, 0.15) is 0 Å². The molecule has 0 saturated heterocycles. The molecule has 0 aliphatic heterocycles. The Kier molecular flexibility index (Phi) is 2.77. The van der Waals surface area contributed by atoms with Gasteiger partial charge in [0.2, 0.25) is 0 Å². The molecule has 1 aromatic heterocycles. The van der Waals surface area contributed by atoms with Crippen molar-refractivity contribution in [1.82, 2.24) is 4.98 Å². The van der Waals surface area contributed by atoms with Crippen LogP contribution in [0.4, 0.5) is 5.69 Å². The Hall–Kier alpha value is -1.70. The Balaban J connectivity index is 2.21. The number of allylic oxidation sites excluding steroid dienone is 5. The number of aromatic amines is 1. The second-order valence-electron chi connectivity index (χ2n) is 3.82. The molecule has 0 saturated carbocycles. The van der Waals surface area contributed by atoms with E-state index >= 15 is 0 Å². The number of hydrogen-bond acceptors (Lipinski definition) is 1. The topological polar surface area (TPSA) is 19.0 Å². The maximum absolute atomic E-state index is 3.06. The van der Waals surface area contributed by atoms with Crippen LogP contribution < -0.4 is 4.90 Å². The fraction of sp³-hybridized carbons (Fsp3) is 0.231. The molecule has 2 rings (SSSR count). The molecule has 0 fully saturated rings. The van der Waals surface area contributed by atoms with Crippen molar-refractivity contribution in [3.8, 4) is 0 Å². The van der Waals surface area contributed by atoms with Crippen LogP contribution in [0.1, 0.15) is 6.92 Å². The third-order valence-electron chi connectivity index (χ3n) is 2.61. The number of hydrogen-bond donors (Lipinski definition) is 1. The molecule has 0 amide bonds. The first-order chi connectivity index (χ1) is 7.27. The molecule has 15 heavy (non-hydrogen) atoms. The fourth-order valence-corrected chi connectivity index (χ4v) is 1.60. The SMILES string of the molecule is CC1C=CC=C(N(C)c2cc[nH]c2)C=C1. The molecular formula is C13H16N2. The van der Waals surface area contributed by atoms with Gasteiger partial charge in [-0.3, -0.25) is 0 Å². The summed E-state index contributed by atoms with van der Waals surface area (Å²) in [7, 11) is 2.07. The minimum Gasteiger partial charge on any atom is -0.366 e. The van der Waals surface area contributed by atoms with Gasteiger partial charge in [0.05, 0.1) is 5.69 Å². The number of H-pyrrole nitrogens is 1. The first-order valence-electron chi connectivity index (χ1n) is 5.20. The summed E-state index contributed by atoms with van der Waals surface area (Å²) in [5.41, 5.74) is 2.38. The number of anilines is 1. The summed E-state index contributed by atoms with van der Waals surface area (Å²) in [6, 6.07) is 2.06. The van der Waals surface area contributed by atoms with Gasteiger partial charge in [-0.1, -0.05) is 25.2 Å². The van der Waals surface area contributed by atoms with E-state index in [-0.39, 0.29) is 0 Å². The average Bonchev–Trinajstić information content (AvgIpc) is 2.67. The van der Waals surface area contributed by atoms with Crippen LogP contribution in [0, 0.1) is 5.92 Å². The van der Waals surface area contributed by atoms with Gasteiger partial charge in [-0.05, 0) is 24.1 Å². The van der Waals surface area contributed by atoms with Gasteiger partial charge in [-0.2, -0.15) is 0 Å². The Morgan fingerprint density at radius 3 is 2.93 bits per heavy atom. The predicted octanol–water partition coefficient (Wildman–Crippen LogP) is 3.10. The zero-order valence-corrected chi connectivity index (χ0v) is 9.14. The van der Waals surface area contributed by atoms with E-state index in [1.54, 1.807) is 0 Å². The lowest BCUT2D eigenvalue weighted by Gasteiger charge is -2.18. The zero-order valence-electron chi connectivity index (χ0n) is 9.14. The third-order valence-corrected chi connectivity index (χ3v) is 2.61. The minimum atomic E-state index is 0.512. The molecule has 1 aliphatic rings. The van der Waals surface area contributed by atoms with Gasteiger partial charge in [0, 0.05) is 25.1 Å². The fourth-order valence-electron chi connectivity index (χ4n) is 1.60. The Morgan fingerprint density at radius 2 is 2.20 bits per heavy atom. The van der Waals surface area contributed by atoms with Crippen LogP contribution in [0.15, 0.2) is 54.5 Å². The van der Waals surface area contributed by atoms with Crippen molar-refractivity contribution >= 4 is 5.69 Å². The normalized spacial score (nSPS) is 19.9. The van der Waals surface area contributed by atoms with E-state index in [2.05, 4.69) is 60.3 Å². The van der Waals surface area contributed by atoms with Gasteiger partial charge in [0.25, 0.3) is 0 Å². The van der Waals surface area contributed by atoms with Crippen molar-refractivity contribution in [2.24, 2.45) is 5.92 Å². The highest BCUT2D eigenvalue weighted by Crippen LogP contribution is 2.19.